The van der Waals surface area contributed by atoms with Crippen LogP contribution in [0.25, 0.3) is 0 Å². The van der Waals surface area contributed by atoms with E-state index in [4.69, 9.17) is 0 Å². The lowest BCUT2D eigenvalue weighted by Crippen LogP contribution is -2.34. The molecule has 3 fully saturated rings. The third-order valence-electron chi connectivity index (χ3n) is 5.70. The molecule has 3 rings (SSSR count). The number of nitrogens with one attached hydrogen (secondary N) is 1. The van der Waals surface area contributed by atoms with E-state index in [2.05, 4.69) is 24.1 Å². The van der Waals surface area contributed by atoms with Gasteiger partial charge < -0.3 is 10.2 Å². The number of hydrogen-bond acceptors (Lipinski definition) is 2. The van der Waals surface area contributed by atoms with Crippen LogP contribution in [0.5, 0.6) is 0 Å². The van der Waals surface area contributed by atoms with Gasteiger partial charge in [-0.05, 0) is 55.5 Å². The Morgan fingerprint density at radius 1 is 1.21 bits per heavy atom. The largest absolute Gasteiger partial charge is 0.342 e. The number of halogens is 1. The van der Waals surface area contributed by atoms with Crippen LogP contribution in [0, 0.1) is 23.2 Å². The van der Waals surface area contributed by atoms with E-state index in [1.807, 2.05) is 0 Å². The molecule has 0 bridgehead atoms. The summed E-state index contributed by atoms with van der Waals surface area (Å²) >= 11 is 0. The maximum Gasteiger partial charge on any atom is 0.222 e. The summed E-state index contributed by atoms with van der Waals surface area (Å²) in [4.78, 5) is 14.3. The second kappa shape index (κ2) is 5.61. The van der Waals surface area contributed by atoms with Crippen molar-refractivity contribution in [3.05, 3.63) is 0 Å². The van der Waals surface area contributed by atoms with Crippen molar-refractivity contribution in [1.82, 2.24) is 10.2 Å². The number of carbonyl (C=O) groups excluding carboxylic acids is 1. The zero-order valence-electron chi connectivity index (χ0n) is 12.2. The van der Waals surface area contributed by atoms with Gasteiger partial charge >= 0.3 is 0 Å². The Bertz CT molecular complexity index is 325. The van der Waals surface area contributed by atoms with Gasteiger partial charge in [-0.25, -0.2) is 0 Å². The number of hydrogen-bond donors (Lipinski definition) is 1. The summed E-state index contributed by atoms with van der Waals surface area (Å²) in [5, 5.41) is 3.38. The molecule has 2 saturated heterocycles. The molecule has 2 unspecified atom stereocenters. The van der Waals surface area contributed by atoms with Crippen LogP contribution in [0.4, 0.5) is 0 Å². The second-order valence-corrected chi connectivity index (χ2v) is 7.07. The number of rotatable bonds is 3. The maximum atomic E-state index is 12.2. The van der Waals surface area contributed by atoms with Crippen LogP contribution in [0.2, 0.25) is 0 Å². The quantitative estimate of drug-likeness (QED) is 0.863. The van der Waals surface area contributed by atoms with Crippen molar-refractivity contribution in [2.75, 3.05) is 26.2 Å². The van der Waals surface area contributed by atoms with Gasteiger partial charge in [0.1, 0.15) is 0 Å². The van der Waals surface area contributed by atoms with E-state index in [0.29, 0.717) is 11.3 Å². The van der Waals surface area contributed by atoms with Gasteiger partial charge in [-0.15, -0.1) is 12.4 Å². The lowest BCUT2D eigenvalue weighted by Gasteiger charge is -2.25. The van der Waals surface area contributed by atoms with E-state index in [1.165, 1.54) is 12.8 Å². The zero-order chi connectivity index (χ0) is 12.8. The third-order valence-corrected chi connectivity index (χ3v) is 5.70. The summed E-state index contributed by atoms with van der Waals surface area (Å²) in [5.74, 6) is 2.78. The minimum atomic E-state index is 0. The third kappa shape index (κ3) is 2.92. The lowest BCUT2D eigenvalue weighted by molar-refractivity contribution is -0.131. The van der Waals surface area contributed by atoms with Crippen LogP contribution >= 0.6 is 12.4 Å². The van der Waals surface area contributed by atoms with Gasteiger partial charge in [0, 0.05) is 19.5 Å². The molecule has 0 aromatic heterocycles. The van der Waals surface area contributed by atoms with Crippen molar-refractivity contribution in [2.45, 2.75) is 39.5 Å². The fraction of sp³-hybridized carbons (Fsp3) is 0.933. The fourth-order valence-corrected chi connectivity index (χ4v) is 3.99. The molecular weight excluding hydrogens is 260 g/mol. The van der Waals surface area contributed by atoms with Crippen LogP contribution in [0.1, 0.15) is 39.5 Å². The van der Waals surface area contributed by atoms with Crippen LogP contribution in [-0.4, -0.2) is 37.0 Å². The average Bonchev–Trinajstić information content (AvgIpc) is 2.78. The first-order valence-corrected chi connectivity index (χ1v) is 7.57. The van der Waals surface area contributed by atoms with Crippen molar-refractivity contribution in [3.63, 3.8) is 0 Å². The van der Waals surface area contributed by atoms with E-state index in [-0.39, 0.29) is 12.4 Å². The summed E-state index contributed by atoms with van der Waals surface area (Å²) in [7, 11) is 0. The molecule has 3 nitrogen and oxygen atoms in total. The second-order valence-electron chi connectivity index (χ2n) is 7.07. The van der Waals surface area contributed by atoms with Crippen molar-refractivity contribution in [1.29, 1.82) is 0 Å². The van der Waals surface area contributed by atoms with E-state index in [0.717, 1.165) is 56.8 Å². The van der Waals surface area contributed by atoms with Crippen LogP contribution in [0.3, 0.4) is 0 Å². The van der Waals surface area contributed by atoms with Gasteiger partial charge in [0.05, 0.1) is 0 Å². The van der Waals surface area contributed by atoms with Gasteiger partial charge in [0.2, 0.25) is 5.91 Å². The number of fused-ring (bicyclic) bond motifs is 1. The molecule has 110 valence electrons. The highest BCUT2D eigenvalue weighted by molar-refractivity contribution is 5.85. The summed E-state index contributed by atoms with van der Waals surface area (Å²) in [6, 6.07) is 0. The van der Waals surface area contributed by atoms with Gasteiger partial charge in [-0.3, -0.25) is 4.79 Å². The first-order chi connectivity index (χ1) is 8.59. The maximum absolute atomic E-state index is 12.2. The van der Waals surface area contributed by atoms with E-state index in [1.54, 1.807) is 0 Å². The number of piperidine rings is 2. The van der Waals surface area contributed by atoms with Crippen LogP contribution in [-0.2, 0) is 4.79 Å². The first-order valence-electron chi connectivity index (χ1n) is 7.57. The Kier molecular flexibility index (Phi) is 4.46. The summed E-state index contributed by atoms with van der Waals surface area (Å²) in [6.07, 6.45) is 4.40. The van der Waals surface area contributed by atoms with Crippen LogP contribution < -0.4 is 5.32 Å². The number of amides is 1. The molecule has 2 aliphatic heterocycles. The molecule has 0 aromatic carbocycles. The van der Waals surface area contributed by atoms with Crippen molar-refractivity contribution in [2.24, 2.45) is 23.2 Å². The number of nitrogens with zero attached hydrogens (tertiary/aromatic N) is 1. The monoisotopic (exact) mass is 286 g/mol. The number of carbonyl (C=O) groups is 1. The Morgan fingerprint density at radius 3 is 2.37 bits per heavy atom. The molecule has 19 heavy (non-hydrogen) atoms. The minimum Gasteiger partial charge on any atom is -0.342 e. The molecule has 1 saturated carbocycles. The molecule has 2 atom stereocenters. The Labute approximate surface area is 122 Å². The molecule has 1 N–H and O–H groups in total. The van der Waals surface area contributed by atoms with Gasteiger partial charge in [-0.2, -0.15) is 0 Å². The molecule has 3 aliphatic rings. The van der Waals surface area contributed by atoms with E-state index >= 15 is 0 Å². The molecule has 2 heterocycles. The molecule has 1 aliphatic carbocycles. The van der Waals surface area contributed by atoms with Gasteiger partial charge in [-0.1, -0.05) is 13.8 Å². The first kappa shape index (κ1) is 15.1. The number of likely N-dealkylation sites (tertiary alicyclic amines) is 1. The molecule has 0 aromatic rings. The Hall–Kier alpha value is -0.280. The molecule has 0 radical (unpaired) electrons. The molecular formula is C15H27ClN2O. The van der Waals surface area contributed by atoms with E-state index < -0.39 is 0 Å². The van der Waals surface area contributed by atoms with Crippen molar-refractivity contribution < 1.29 is 4.79 Å². The predicted octanol–water partition coefficient (Wildman–Crippen LogP) is 2.30. The highest BCUT2D eigenvalue weighted by Crippen LogP contribution is 2.61. The van der Waals surface area contributed by atoms with Crippen molar-refractivity contribution in [3.8, 4) is 0 Å². The highest BCUT2D eigenvalue weighted by atomic mass is 35.5. The predicted molar refractivity (Wildman–Crippen MR) is 79.4 cm³/mol. The Morgan fingerprint density at radius 2 is 1.79 bits per heavy atom. The molecule has 0 spiro atoms. The molecule has 4 heteroatoms. The van der Waals surface area contributed by atoms with E-state index in [9.17, 15) is 4.79 Å². The van der Waals surface area contributed by atoms with Crippen LogP contribution in [0.15, 0.2) is 0 Å². The highest BCUT2D eigenvalue weighted by Gasteiger charge is 2.62. The summed E-state index contributed by atoms with van der Waals surface area (Å²) in [5.41, 5.74) is 0.520. The van der Waals surface area contributed by atoms with Crippen molar-refractivity contribution >= 4 is 18.3 Å². The summed E-state index contributed by atoms with van der Waals surface area (Å²) < 4.78 is 0. The SMILES string of the molecule is CC1(C)C2CN(C(=O)CCC3CCNCC3)CC21.Cl. The van der Waals surface area contributed by atoms with Gasteiger partial charge in [0.15, 0.2) is 0 Å². The summed E-state index contributed by atoms with van der Waals surface area (Å²) in [6.45, 7) is 9.03. The average molecular weight is 287 g/mol. The standard InChI is InChI=1S/C15H26N2O.ClH/c1-15(2)12-9-17(10-13(12)15)14(18)4-3-11-5-7-16-8-6-11;/h11-13,16H,3-10H2,1-2H3;1H. The smallest absolute Gasteiger partial charge is 0.222 e. The molecule has 1 amide bonds. The zero-order valence-corrected chi connectivity index (χ0v) is 13.0. The topological polar surface area (TPSA) is 32.3 Å². The fourth-order valence-electron chi connectivity index (χ4n) is 3.99. The lowest BCUT2D eigenvalue weighted by atomic mass is 9.93. The van der Waals surface area contributed by atoms with Gasteiger partial charge in [0.25, 0.3) is 0 Å². The minimum absolute atomic E-state index is 0. The Balaban J connectivity index is 0.00000133. The normalized spacial score (nSPS) is 32.6.